The van der Waals surface area contributed by atoms with Crippen LogP contribution in [-0.2, 0) is 19.3 Å². The minimum Gasteiger partial charge on any atom is -0.206 e. The Labute approximate surface area is 147 Å². The third kappa shape index (κ3) is 3.79. The zero-order valence-electron chi connectivity index (χ0n) is 14.4. The number of aryl methyl sites for hydroxylation is 1. The monoisotopic (exact) mass is 337 g/mol. The van der Waals surface area contributed by atoms with E-state index in [9.17, 15) is 8.78 Å². The summed E-state index contributed by atoms with van der Waals surface area (Å²) in [6.07, 6.45) is 7.34. The highest BCUT2D eigenvalue weighted by Crippen LogP contribution is 2.31. The lowest BCUT2D eigenvalue weighted by Gasteiger charge is -2.19. The molecule has 0 aromatic heterocycles. The fourth-order valence-corrected chi connectivity index (χ4v) is 3.37. The lowest BCUT2D eigenvalue weighted by atomic mass is 9.86. The molecule has 2 aromatic carbocycles. The average Bonchev–Trinajstić information content (AvgIpc) is 2.61. The number of fused-ring (bicyclic) bond motifs is 1. The molecule has 0 unspecified atom stereocenters. The highest BCUT2D eigenvalue weighted by atomic mass is 19.1. The van der Waals surface area contributed by atoms with Crippen LogP contribution in [0.5, 0.6) is 0 Å². The fraction of sp³-hybridized carbons (Fsp3) is 0.318. The van der Waals surface area contributed by atoms with Gasteiger partial charge in [-0.15, -0.1) is 0 Å². The Morgan fingerprint density at radius 3 is 2.60 bits per heavy atom. The largest absolute Gasteiger partial charge is 0.206 e. The third-order valence-electron chi connectivity index (χ3n) is 4.81. The zero-order chi connectivity index (χ0) is 17.8. The van der Waals surface area contributed by atoms with Crippen LogP contribution in [0.4, 0.5) is 8.78 Å². The Morgan fingerprint density at radius 2 is 1.88 bits per heavy atom. The third-order valence-corrected chi connectivity index (χ3v) is 4.81. The van der Waals surface area contributed by atoms with Gasteiger partial charge in [0.25, 0.3) is 0 Å². The highest BCUT2D eigenvalue weighted by Gasteiger charge is 2.18. The van der Waals surface area contributed by atoms with Crippen molar-refractivity contribution in [3.05, 3.63) is 75.9 Å². The molecule has 2 aromatic rings. The second-order valence-corrected chi connectivity index (χ2v) is 6.59. The van der Waals surface area contributed by atoms with Crippen molar-refractivity contribution in [1.29, 1.82) is 5.26 Å². The van der Waals surface area contributed by atoms with E-state index in [1.54, 1.807) is 12.1 Å². The predicted octanol–water partition coefficient (Wildman–Crippen LogP) is 5.75. The molecule has 128 valence electrons. The van der Waals surface area contributed by atoms with Gasteiger partial charge >= 0.3 is 0 Å². The minimum atomic E-state index is -0.505. The maximum Gasteiger partial charge on any atom is 0.141 e. The Kier molecular flexibility index (Phi) is 5.28. The van der Waals surface area contributed by atoms with Gasteiger partial charge in [-0.2, -0.15) is 5.26 Å². The highest BCUT2D eigenvalue weighted by molar-refractivity contribution is 5.71. The average molecular weight is 337 g/mol. The van der Waals surface area contributed by atoms with E-state index in [0.29, 0.717) is 18.4 Å². The topological polar surface area (TPSA) is 23.8 Å². The van der Waals surface area contributed by atoms with Gasteiger partial charge in [-0.05, 0) is 66.1 Å². The van der Waals surface area contributed by atoms with E-state index in [0.717, 1.165) is 47.9 Å². The van der Waals surface area contributed by atoms with Gasteiger partial charge in [0, 0.05) is 5.56 Å². The van der Waals surface area contributed by atoms with E-state index >= 15 is 0 Å². The lowest BCUT2D eigenvalue weighted by molar-refractivity contribution is 0.617. The van der Waals surface area contributed by atoms with Crippen molar-refractivity contribution in [2.75, 3.05) is 0 Å². The van der Waals surface area contributed by atoms with Gasteiger partial charge in [0.2, 0.25) is 0 Å². The standard InChI is InChI=1S/C22H21F2N/c1-2-3-4-5-15-6-9-20(22(24)10-15)17-8-7-16-11-19(14-25)21(23)13-18(16)12-17/h6,8-11,13H,2-5,7,12H2,1H3. The van der Waals surface area contributed by atoms with E-state index in [4.69, 9.17) is 5.26 Å². The molecule has 0 saturated carbocycles. The number of hydrogen-bond acceptors (Lipinski definition) is 1. The fourth-order valence-electron chi connectivity index (χ4n) is 3.37. The molecule has 0 atom stereocenters. The SMILES string of the molecule is CCCCCc1ccc(C2=CCc3cc(C#N)c(F)cc3C2)c(F)c1. The Balaban J connectivity index is 1.81. The Bertz CT molecular complexity index is 859. The van der Waals surface area contributed by atoms with E-state index in [1.807, 2.05) is 24.3 Å². The van der Waals surface area contributed by atoms with Gasteiger partial charge in [-0.3, -0.25) is 0 Å². The number of benzene rings is 2. The van der Waals surface area contributed by atoms with Crippen LogP contribution in [0.2, 0.25) is 0 Å². The van der Waals surface area contributed by atoms with Gasteiger partial charge in [-0.25, -0.2) is 8.78 Å². The van der Waals surface area contributed by atoms with Crippen molar-refractivity contribution in [2.24, 2.45) is 0 Å². The summed E-state index contributed by atoms with van der Waals surface area (Å²) in [4.78, 5) is 0. The molecule has 0 spiro atoms. The summed E-state index contributed by atoms with van der Waals surface area (Å²) in [6, 6.07) is 10.3. The number of nitrogens with zero attached hydrogens (tertiary/aromatic N) is 1. The number of rotatable bonds is 5. The lowest BCUT2D eigenvalue weighted by Crippen LogP contribution is -2.06. The van der Waals surface area contributed by atoms with Crippen LogP contribution >= 0.6 is 0 Å². The van der Waals surface area contributed by atoms with Crippen molar-refractivity contribution < 1.29 is 8.78 Å². The number of unbranched alkanes of at least 4 members (excludes halogenated alkanes) is 2. The summed E-state index contributed by atoms with van der Waals surface area (Å²) in [5.74, 6) is -0.716. The Hall–Kier alpha value is -2.47. The quantitative estimate of drug-likeness (QED) is 0.637. The first kappa shape index (κ1) is 17.4. The summed E-state index contributed by atoms with van der Waals surface area (Å²) in [7, 11) is 0. The van der Waals surface area contributed by atoms with E-state index in [1.165, 1.54) is 6.07 Å². The van der Waals surface area contributed by atoms with Gasteiger partial charge in [-0.1, -0.05) is 38.0 Å². The number of hydrogen-bond donors (Lipinski definition) is 0. The van der Waals surface area contributed by atoms with Crippen molar-refractivity contribution in [3.63, 3.8) is 0 Å². The maximum atomic E-state index is 14.6. The molecule has 0 N–H and O–H groups in total. The summed E-state index contributed by atoms with van der Waals surface area (Å²) in [6.45, 7) is 2.15. The van der Waals surface area contributed by atoms with Gasteiger partial charge in [0.15, 0.2) is 0 Å². The molecular weight excluding hydrogens is 316 g/mol. The smallest absolute Gasteiger partial charge is 0.141 e. The molecule has 0 fully saturated rings. The molecule has 3 rings (SSSR count). The second-order valence-electron chi connectivity index (χ2n) is 6.59. The predicted molar refractivity (Wildman–Crippen MR) is 96.1 cm³/mol. The first-order valence-corrected chi connectivity index (χ1v) is 8.81. The van der Waals surface area contributed by atoms with Crippen LogP contribution in [0, 0.1) is 23.0 Å². The molecule has 0 aliphatic heterocycles. The van der Waals surface area contributed by atoms with Crippen molar-refractivity contribution >= 4 is 5.57 Å². The van der Waals surface area contributed by atoms with Crippen LogP contribution in [0.25, 0.3) is 5.57 Å². The molecule has 0 bridgehead atoms. The molecule has 25 heavy (non-hydrogen) atoms. The van der Waals surface area contributed by atoms with E-state index in [-0.39, 0.29) is 11.4 Å². The molecule has 0 radical (unpaired) electrons. The summed E-state index contributed by atoms with van der Waals surface area (Å²) in [5, 5.41) is 8.93. The summed E-state index contributed by atoms with van der Waals surface area (Å²) >= 11 is 0. The van der Waals surface area contributed by atoms with Crippen LogP contribution in [0.3, 0.4) is 0 Å². The maximum absolute atomic E-state index is 14.6. The number of allylic oxidation sites excluding steroid dienone is 2. The van der Waals surface area contributed by atoms with Gasteiger partial charge in [0.1, 0.15) is 17.7 Å². The van der Waals surface area contributed by atoms with Crippen molar-refractivity contribution in [2.45, 2.75) is 45.4 Å². The molecule has 1 aliphatic rings. The van der Waals surface area contributed by atoms with Crippen molar-refractivity contribution in [3.8, 4) is 6.07 Å². The molecule has 0 saturated heterocycles. The molecule has 0 amide bonds. The first-order chi connectivity index (χ1) is 12.1. The number of nitriles is 1. The van der Waals surface area contributed by atoms with Crippen molar-refractivity contribution in [1.82, 2.24) is 0 Å². The van der Waals surface area contributed by atoms with Crippen LogP contribution in [0.1, 0.15) is 54.0 Å². The molecule has 3 heteroatoms. The molecule has 0 heterocycles. The van der Waals surface area contributed by atoms with Gasteiger partial charge < -0.3 is 0 Å². The molecule has 1 nitrogen and oxygen atoms in total. The normalized spacial score (nSPS) is 13.1. The van der Waals surface area contributed by atoms with Crippen LogP contribution in [0.15, 0.2) is 36.4 Å². The number of halogens is 2. The van der Waals surface area contributed by atoms with E-state index < -0.39 is 5.82 Å². The molecular formula is C22H21F2N. The minimum absolute atomic E-state index is 0.0678. The molecule has 1 aliphatic carbocycles. The van der Waals surface area contributed by atoms with Gasteiger partial charge in [0.05, 0.1) is 5.56 Å². The van der Waals surface area contributed by atoms with E-state index in [2.05, 4.69) is 6.92 Å². The van der Waals surface area contributed by atoms with Crippen LogP contribution < -0.4 is 0 Å². The van der Waals surface area contributed by atoms with Crippen LogP contribution in [-0.4, -0.2) is 0 Å². The first-order valence-electron chi connectivity index (χ1n) is 8.81. The zero-order valence-corrected chi connectivity index (χ0v) is 14.4. The summed E-state index contributed by atoms with van der Waals surface area (Å²) in [5.41, 5.74) is 4.34. The second kappa shape index (κ2) is 7.61. The summed E-state index contributed by atoms with van der Waals surface area (Å²) < 4.78 is 28.4. The Morgan fingerprint density at radius 1 is 1.04 bits per heavy atom.